The van der Waals surface area contributed by atoms with E-state index < -0.39 is 5.60 Å². The molecule has 5 nitrogen and oxygen atoms in total. The normalized spacial score (nSPS) is 22.8. The van der Waals surface area contributed by atoms with Gasteiger partial charge in [0.15, 0.2) is 0 Å². The number of likely N-dealkylation sites (tertiary alicyclic amines) is 1. The van der Waals surface area contributed by atoms with Crippen molar-refractivity contribution in [3.63, 3.8) is 0 Å². The lowest BCUT2D eigenvalue weighted by Gasteiger charge is -2.28. The van der Waals surface area contributed by atoms with Crippen LogP contribution in [0.3, 0.4) is 0 Å². The first kappa shape index (κ1) is 16.8. The number of rotatable bonds is 4. The van der Waals surface area contributed by atoms with E-state index in [1.807, 2.05) is 20.8 Å². The minimum absolute atomic E-state index is 0.0734. The topological polar surface area (TPSA) is 55.8 Å². The van der Waals surface area contributed by atoms with Crippen LogP contribution in [0.1, 0.15) is 53.9 Å². The molecule has 2 atom stereocenters. The van der Waals surface area contributed by atoms with Crippen LogP contribution < -0.4 is 0 Å². The number of ether oxygens (including phenoxy) is 2. The number of amides is 1. The highest BCUT2D eigenvalue weighted by atomic mass is 16.6. The molecule has 116 valence electrons. The fourth-order valence-electron chi connectivity index (χ4n) is 2.49. The monoisotopic (exact) mass is 285 g/mol. The maximum atomic E-state index is 12.2. The van der Waals surface area contributed by atoms with Crippen LogP contribution in [-0.4, -0.2) is 41.8 Å². The first-order valence-electron chi connectivity index (χ1n) is 7.38. The van der Waals surface area contributed by atoms with Crippen LogP contribution in [0, 0.1) is 5.92 Å². The van der Waals surface area contributed by atoms with Crippen molar-refractivity contribution >= 4 is 12.1 Å². The zero-order valence-electron chi connectivity index (χ0n) is 13.3. The number of carbonyl (C=O) groups is 2. The Kier molecular flexibility index (Phi) is 5.84. The Labute approximate surface area is 121 Å². The van der Waals surface area contributed by atoms with Crippen molar-refractivity contribution in [3.05, 3.63) is 0 Å². The predicted octanol–water partition coefficient (Wildman–Crippen LogP) is 2.98. The Morgan fingerprint density at radius 1 is 1.30 bits per heavy atom. The summed E-state index contributed by atoms with van der Waals surface area (Å²) in [5, 5.41) is 0. The quantitative estimate of drug-likeness (QED) is 0.745. The van der Waals surface area contributed by atoms with E-state index in [-0.39, 0.29) is 18.1 Å². The molecular weight excluding hydrogens is 258 g/mol. The van der Waals surface area contributed by atoms with Gasteiger partial charge < -0.3 is 14.4 Å². The number of hydrogen-bond donors (Lipinski definition) is 0. The highest BCUT2D eigenvalue weighted by Gasteiger charge is 2.35. The maximum absolute atomic E-state index is 12.2. The van der Waals surface area contributed by atoms with Gasteiger partial charge in [-0.25, -0.2) is 4.79 Å². The predicted molar refractivity (Wildman–Crippen MR) is 76.4 cm³/mol. The van der Waals surface area contributed by atoms with Crippen molar-refractivity contribution in [2.75, 3.05) is 13.2 Å². The molecule has 1 aliphatic heterocycles. The highest BCUT2D eigenvalue weighted by molar-refractivity contribution is 5.70. The molecule has 1 fully saturated rings. The first-order chi connectivity index (χ1) is 9.23. The van der Waals surface area contributed by atoms with Gasteiger partial charge in [0, 0.05) is 19.0 Å². The van der Waals surface area contributed by atoms with Crippen molar-refractivity contribution < 1.29 is 19.1 Å². The summed E-state index contributed by atoms with van der Waals surface area (Å²) in [6.45, 7) is 10.6. The molecule has 0 radical (unpaired) electrons. The van der Waals surface area contributed by atoms with Gasteiger partial charge in [0.25, 0.3) is 0 Å². The molecule has 1 aliphatic rings. The van der Waals surface area contributed by atoms with Gasteiger partial charge in [0.05, 0.1) is 6.61 Å². The van der Waals surface area contributed by atoms with E-state index in [4.69, 9.17) is 9.47 Å². The van der Waals surface area contributed by atoms with Crippen LogP contribution in [-0.2, 0) is 14.3 Å². The second kappa shape index (κ2) is 6.95. The van der Waals surface area contributed by atoms with E-state index in [0.717, 1.165) is 6.42 Å². The van der Waals surface area contributed by atoms with E-state index in [0.29, 0.717) is 31.9 Å². The van der Waals surface area contributed by atoms with Gasteiger partial charge >= 0.3 is 12.1 Å². The van der Waals surface area contributed by atoms with Crippen molar-refractivity contribution in [2.24, 2.45) is 5.92 Å². The number of nitrogens with zero attached hydrogens (tertiary/aromatic N) is 1. The number of esters is 1. The Balaban J connectivity index is 2.55. The molecule has 0 bridgehead atoms. The molecule has 0 aromatic rings. The van der Waals surface area contributed by atoms with E-state index in [1.54, 1.807) is 11.8 Å². The summed E-state index contributed by atoms with van der Waals surface area (Å²) in [7, 11) is 0. The summed E-state index contributed by atoms with van der Waals surface area (Å²) < 4.78 is 10.4. The van der Waals surface area contributed by atoms with Gasteiger partial charge in [-0.15, -0.1) is 0 Å². The molecule has 0 aromatic carbocycles. The molecule has 0 aliphatic carbocycles. The highest BCUT2D eigenvalue weighted by Crippen LogP contribution is 2.28. The third-order valence-electron chi connectivity index (χ3n) is 3.24. The summed E-state index contributed by atoms with van der Waals surface area (Å²) in [4.78, 5) is 25.4. The fraction of sp³-hybridized carbons (Fsp3) is 0.867. The van der Waals surface area contributed by atoms with Gasteiger partial charge in [0.2, 0.25) is 0 Å². The summed E-state index contributed by atoms with van der Waals surface area (Å²) >= 11 is 0. The molecule has 20 heavy (non-hydrogen) atoms. The lowest BCUT2D eigenvalue weighted by atomic mass is 10.0. The lowest BCUT2D eigenvalue weighted by Crippen LogP contribution is -2.40. The third-order valence-corrected chi connectivity index (χ3v) is 3.24. The summed E-state index contributed by atoms with van der Waals surface area (Å²) in [5.74, 6) is 0.242. The smallest absolute Gasteiger partial charge is 0.410 e. The van der Waals surface area contributed by atoms with Crippen LogP contribution in [0.15, 0.2) is 0 Å². The maximum Gasteiger partial charge on any atom is 0.410 e. The Morgan fingerprint density at radius 3 is 2.50 bits per heavy atom. The van der Waals surface area contributed by atoms with Gasteiger partial charge in [0.1, 0.15) is 5.60 Å². The van der Waals surface area contributed by atoms with Crippen molar-refractivity contribution in [2.45, 2.75) is 65.5 Å². The van der Waals surface area contributed by atoms with Crippen LogP contribution in [0.5, 0.6) is 0 Å². The molecule has 1 saturated heterocycles. The largest absolute Gasteiger partial charge is 0.466 e. The minimum atomic E-state index is -0.491. The van der Waals surface area contributed by atoms with Crippen molar-refractivity contribution in [1.29, 1.82) is 0 Å². The fourth-order valence-corrected chi connectivity index (χ4v) is 2.49. The lowest BCUT2D eigenvalue weighted by molar-refractivity contribution is -0.143. The number of hydrogen-bond acceptors (Lipinski definition) is 4. The van der Waals surface area contributed by atoms with E-state index in [1.165, 1.54) is 0 Å². The van der Waals surface area contributed by atoms with Gasteiger partial charge in [-0.05, 0) is 46.5 Å². The molecule has 0 aromatic heterocycles. The van der Waals surface area contributed by atoms with Gasteiger partial charge in [-0.2, -0.15) is 0 Å². The zero-order valence-corrected chi connectivity index (χ0v) is 13.3. The number of carbonyl (C=O) groups excluding carboxylic acids is 2. The molecule has 5 heteroatoms. The van der Waals surface area contributed by atoms with Gasteiger partial charge in [-0.3, -0.25) is 4.79 Å². The SMILES string of the molecule is CCOC(=O)CC[C@@H]1C[C@@H](C)CN1C(=O)OC(C)(C)C. The van der Waals surface area contributed by atoms with Crippen molar-refractivity contribution in [1.82, 2.24) is 4.90 Å². The van der Waals surface area contributed by atoms with Crippen LogP contribution in [0.2, 0.25) is 0 Å². The average molecular weight is 285 g/mol. The Hall–Kier alpha value is -1.26. The van der Waals surface area contributed by atoms with Crippen molar-refractivity contribution in [3.8, 4) is 0 Å². The standard InChI is InChI=1S/C15H27NO4/c1-6-19-13(17)8-7-12-9-11(2)10-16(12)14(18)20-15(3,4)5/h11-12H,6-10H2,1-5H3/t11-,12-/m1/s1. The Bertz CT molecular complexity index is 348. The summed E-state index contributed by atoms with van der Waals surface area (Å²) in [6, 6.07) is 0.0734. The van der Waals surface area contributed by atoms with Crippen LogP contribution >= 0.6 is 0 Å². The molecular formula is C15H27NO4. The second-order valence-corrected chi connectivity index (χ2v) is 6.47. The molecule has 1 heterocycles. The summed E-state index contributed by atoms with van der Waals surface area (Å²) in [5.41, 5.74) is -0.491. The molecule has 0 N–H and O–H groups in total. The van der Waals surface area contributed by atoms with E-state index in [2.05, 4.69) is 6.92 Å². The third kappa shape index (κ3) is 5.39. The zero-order chi connectivity index (χ0) is 15.3. The molecule has 1 amide bonds. The van der Waals surface area contributed by atoms with Gasteiger partial charge in [-0.1, -0.05) is 6.92 Å². The first-order valence-corrected chi connectivity index (χ1v) is 7.38. The van der Waals surface area contributed by atoms with Crippen LogP contribution in [0.25, 0.3) is 0 Å². The Morgan fingerprint density at radius 2 is 1.95 bits per heavy atom. The second-order valence-electron chi connectivity index (χ2n) is 6.47. The molecule has 0 unspecified atom stereocenters. The van der Waals surface area contributed by atoms with E-state index in [9.17, 15) is 9.59 Å². The minimum Gasteiger partial charge on any atom is -0.466 e. The average Bonchev–Trinajstić information content (AvgIpc) is 2.66. The van der Waals surface area contributed by atoms with Crippen LogP contribution in [0.4, 0.5) is 4.79 Å². The summed E-state index contributed by atoms with van der Waals surface area (Å²) in [6.07, 6.45) is 1.63. The molecule has 0 spiro atoms. The molecule has 1 rings (SSSR count). The molecule has 0 saturated carbocycles. The van der Waals surface area contributed by atoms with E-state index >= 15 is 0 Å².